The molecule has 100 valence electrons. The van der Waals surface area contributed by atoms with Gasteiger partial charge in [0.1, 0.15) is 12.4 Å². The molecule has 0 fully saturated rings. The quantitative estimate of drug-likeness (QED) is 0.482. The first-order chi connectivity index (χ1) is 9.17. The SMILES string of the molecule is CCn1cc[n+](C)c1/C(=N/c1ccccc1Cl)OC. The van der Waals surface area contributed by atoms with Crippen LogP contribution in [-0.2, 0) is 18.3 Å². The van der Waals surface area contributed by atoms with E-state index in [0.29, 0.717) is 16.6 Å². The lowest BCUT2D eigenvalue weighted by Gasteiger charge is -2.04. The fourth-order valence-electron chi connectivity index (χ4n) is 1.89. The number of hydrogen-bond donors (Lipinski definition) is 0. The van der Waals surface area contributed by atoms with Crippen LogP contribution in [0.2, 0.25) is 5.02 Å². The van der Waals surface area contributed by atoms with Gasteiger partial charge in [0.15, 0.2) is 0 Å². The van der Waals surface area contributed by atoms with Gasteiger partial charge in [0.05, 0.1) is 31.4 Å². The summed E-state index contributed by atoms with van der Waals surface area (Å²) in [7, 11) is 3.57. The maximum Gasteiger partial charge on any atom is 0.345 e. The highest BCUT2D eigenvalue weighted by Gasteiger charge is 2.21. The summed E-state index contributed by atoms with van der Waals surface area (Å²) in [6, 6.07) is 7.45. The predicted octanol–water partition coefficient (Wildman–Crippen LogP) is 2.71. The number of halogens is 1. The van der Waals surface area contributed by atoms with Crippen LogP contribution in [0.15, 0.2) is 41.7 Å². The van der Waals surface area contributed by atoms with Gasteiger partial charge in [-0.05, 0) is 19.1 Å². The van der Waals surface area contributed by atoms with Crippen molar-refractivity contribution in [1.29, 1.82) is 0 Å². The number of aryl methyl sites for hydroxylation is 2. The average Bonchev–Trinajstić information content (AvgIpc) is 2.79. The molecular formula is C14H17ClN3O+. The van der Waals surface area contributed by atoms with E-state index < -0.39 is 0 Å². The van der Waals surface area contributed by atoms with E-state index >= 15 is 0 Å². The van der Waals surface area contributed by atoms with Crippen molar-refractivity contribution in [2.75, 3.05) is 7.11 Å². The molecule has 0 bridgehead atoms. The minimum absolute atomic E-state index is 0.544. The van der Waals surface area contributed by atoms with Crippen molar-refractivity contribution in [3.8, 4) is 0 Å². The fourth-order valence-corrected chi connectivity index (χ4v) is 2.07. The Morgan fingerprint density at radius 2 is 2.16 bits per heavy atom. The predicted molar refractivity (Wildman–Crippen MR) is 75.9 cm³/mol. The van der Waals surface area contributed by atoms with E-state index in [1.807, 2.05) is 48.3 Å². The molecule has 1 aromatic carbocycles. The largest absolute Gasteiger partial charge is 0.475 e. The zero-order chi connectivity index (χ0) is 13.8. The zero-order valence-corrected chi connectivity index (χ0v) is 12.1. The summed E-state index contributed by atoms with van der Waals surface area (Å²) in [6.07, 6.45) is 3.97. The van der Waals surface area contributed by atoms with Crippen LogP contribution < -0.4 is 4.57 Å². The second-order valence-corrected chi connectivity index (χ2v) is 4.50. The van der Waals surface area contributed by atoms with E-state index in [9.17, 15) is 0 Å². The number of hydrogen-bond acceptors (Lipinski definition) is 2. The number of aliphatic imine (C=N–C) groups is 1. The number of aromatic nitrogens is 2. The van der Waals surface area contributed by atoms with Gasteiger partial charge in [-0.3, -0.25) is 0 Å². The summed E-state index contributed by atoms with van der Waals surface area (Å²) in [5, 5.41) is 0.606. The molecule has 0 saturated carbocycles. The van der Waals surface area contributed by atoms with Gasteiger partial charge in [0.25, 0.3) is 0 Å². The molecular weight excluding hydrogens is 262 g/mol. The van der Waals surface area contributed by atoms with Crippen molar-refractivity contribution in [3.05, 3.63) is 47.5 Å². The molecule has 0 aliphatic rings. The smallest absolute Gasteiger partial charge is 0.345 e. The molecule has 5 heteroatoms. The molecule has 0 N–H and O–H groups in total. The van der Waals surface area contributed by atoms with Gasteiger partial charge in [-0.2, -0.15) is 0 Å². The van der Waals surface area contributed by atoms with Gasteiger partial charge in [-0.25, -0.2) is 14.1 Å². The number of ether oxygens (including phenoxy) is 1. The number of benzene rings is 1. The highest BCUT2D eigenvalue weighted by atomic mass is 35.5. The van der Waals surface area contributed by atoms with Crippen LogP contribution in [0.3, 0.4) is 0 Å². The Labute approximate surface area is 117 Å². The standard InChI is InChI=1S/C14H17ClN3O/c1-4-18-10-9-17(2)14(18)13(19-3)16-12-8-6-5-7-11(12)15/h5-10H,4H2,1-3H3/q+1/b16-13-. The molecule has 0 atom stereocenters. The molecule has 19 heavy (non-hydrogen) atoms. The number of rotatable bonds is 3. The van der Waals surface area contributed by atoms with Crippen LogP contribution in [0.25, 0.3) is 0 Å². The summed E-state index contributed by atoms with van der Waals surface area (Å²) >= 11 is 6.12. The summed E-state index contributed by atoms with van der Waals surface area (Å²) in [4.78, 5) is 4.51. The Morgan fingerprint density at radius 1 is 1.42 bits per heavy atom. The van der Waals surface area contributed by atoms with Crippen molar-refractivity contribution in [2.24, 2.45) is 12.0 Å². The van der Waals surface area contributed by atoms with Crippen LogP contribution in [0, 0.1) is 0 Å². The number of nitrogens with zero attached hydrogens (tertiary/aromatic N) is 3. The van der Waals surface area contributed by atoms with Crippen molar-refractivity contribution < 1.29 is 9.30 Å². The van der Waals surface area contributed by atoms with Gasteiger partial charge in [-0.15, -0.1) is 0 Å². The third-order valence-electron chi connectivity index (χ3n) is 2.88. The molecule has 0 unspecified atom stereocenters. The zero-order valence-electron chi connectivity index (χ0n) is 11.3. The van der Waals surface area contributed by atoms with Gasteiger partial charge in [-0.1, -0.05) is 23.7 Å². The van der Waals surface area contributed by atoms with Crippen molar-refractivity contribution >= 4 is 23.2 Å². The molecule has 0 radical (unpaired) electrons. The third kappa shape index (κ3) is 2.79. The van der Waals surface area contributed by atoms with E-state index in [1.54, 1.807) is 7.11 Å². The number of para-hydroxylation sites is 1. The molecule has 0 amide bonds. The Hall–Kier alpha value is -1.81. The van der Waals surface area contributed by atoms with E-state index in [1.165, 1.54) is 0 Å². The van der Waals surface area contributed by atoms with Crippen LogP contribution in [0.1, 0.15) is 12.7 Å². The van der Waals surface area contributed by atoms with Crippen molar-refractivity contribution in [1.82, 2.24) is 4.57 Å². The number of imidazole rings is 1. The van der Waals surface area contributed by atoms with Gasteiger partial charge in [0.2, 0.25) is 0 Å². The summed E-state index contributed by atoms with van der Waals surface area (Å²) in [5.41, 5.74) is 0.699. The molecule has 0 aliphatic carbocycles. The lowest BCUT2D eigenvalue weighted by atomic mass is 10.3. The molecule has 0 saturated heterocycles. The van der Waals surface area contributed by atoms with Crippen LogP contribution in [0.5, 0.6) is 0 Å². The normalized spacial score (nSPS) is 11.7. The Kier molecular flexibility index (Phi) is 4.22. The lowest BCUT2D eigenvalue weighted by Crippen LogP contribution is -2.36. The molecule has 0 spiro atoms. The molecule has 0 aliphatic heterocycles. The second kappa shape index (κ2) is 5.89. The number of methoxy groups -OCH3 is 1. The minimum Gasteiger partial charge on any atom is -0.475 e. The lowest BCUT2D eigenvalue weighted by molar-refractivity contribution is -0.672. The first kappa shape index (κ1) is 13.6. The molecule has 1 aromatic heterocycles. The monoisotopic (exact) mass is 278 g/mol. The van der Waals surface area contributed by atoms with E-state index in [4.69, 9.17) is 16.3 Å². The van der Waals surface area contributed by atoms with Crippen molar-refractivity contribution in [3.63, 3.8) is 0 Å². The van der Waals surface area contributed by atoms with Crippen LogP contribution in [-0.4, -0.2) is 17.6 Å². The third-order valence-corrected chi connectivity index (χ3v) is 3.20. The molecule has 1 heterocycles. The highest BCUT2D eigenvalue weighted by Crippen LogP contribution is 2.24. The maximum absolute atomic E-state index is 6.12. The topological polar surface area (TPSA) is 30.4 Å². The van der Waals surface area contributed by atoms with E-state index in [-0.39, 0.29) is 0 Å². The Bertz CT molecular complexity index is 604. The molecule has 2 aromatic rings. The van der Waals surface area contributed by atoms with Gasteiger partial charge in [0, 0.05) is 0 Å². The summed E-state index contributed by atoms with van der Waals surface area (Å²) in [6.45, 7) is 2.92. The van der Waals surface area contributed by atoms with Gasteiger partial charge >= 0.3 is 11.7 Å². The first-order valence-electron chi connectivity index (χ1n) is 6.09. The first-order valence-corrected chi connectivity index (χ1v) is 6.47. The van der Waals surface area contributed by atoms with Crippen molar-refractivity contribution in [2.45, 2.75) is 13.5 Å². The molecule has 2 rings (SSSR count). The highest BCUT2D eigenvalue weighted by molar-refractivity contribution is 6.33. The fraction of sp³-hybridized carbons (Fsp3) is 0.286. The Balaban J connectivity index is 2.51. The Morgan fingerprint density at radius 3 is 2.79 bits per heavy atom. The van der Waals surface area contributed by atoms with Gasteiger partial charge < -0.3 is 4.74 Å². The summed E-state index contributed by atoms with van der Waals surface area (Å²) < 4.78 is 9.47. The van der Waals surface area contributed by atoms with Crippen LogP contribution in [0.4, 0.5) is 5.69 Å². The van der Waals surface area contributed by atoms with E-state index in [0.717, 1.165) is 12.4 Å². The maximum atomic E-state index is 6.12. The molecule has 4 nitrogen and oxygen atoms in total. The van der Waals surface area contributed by atoms with E-state index in [2.05, 4.69) is 16.5 Å². The minimum atomic E-state index is 0.544. The average molecular weight is 279 g/mol. The summed E-state index contributed by atoms with van der Waals surface area (Å²) in [5.74, 6) is 1.45. The second-order valence-electron chi connectivity index (χ2n) is 4.09. The van der Waals surface area contributed by atoms with Crippen LogP contribution >= 0.6 is 11.6 Å².